The lowest BCUT2D eigenvalue weighted by Crippen LogP contribution is -2.10. The first-order chi connectivity index (χ1) is 8.41. The van der Waals surface area contributed by atoms with Gasteiger partial charge in [0.1, 0.15) is 0 Å². The predicted molar refractivity (Wildman–Crippen MR) is 59.5 cm³/mol. The summed E-state index contributed by atoms with van der Waals surface area (Å²) in [5.74, 6) is 0.459. The van der Waals surface area contributed by atoms with Crippen molar-refractivity contribution in [3.63, 3.8) is 0 Å². The van der Waals surface area contributed by atoms with Gasteiger partial charge in [0, 0.05) is 5.69 Å². The van der Waals surface area contributed by atoms with E-state index < -0.39 is 11.7 Å². The van der Waals surface area contributed by atoms with Gasteiger partial charge in [0.15, 0.2) is 5.75 Å². The van der Waals surface area contributed by atoms with E-state index in [4.69, 9.17) is 10.5 Å². The minimum Gasteiger partial charge on any atom is -0.493 e. The zero-order valence-electron chi connectivity index (χ0n) is 9.40. The number of nitrogens with two attached hydrogens (primary N) is 1. The summed E-state index contributed by atoms with van der Waals surface area (Å²) in [4.78, 5) is 0. The first-order valence-electron chi connectivity index (χ1n) is 4.97. The molecule has 0 unspecified atom stereocenters. The normalized spacial score (nSPS) is 11.6. The molecule has 2 aromatic rings. The van der Waals surface area contributed by atoms with Crippen molar-refractivity contribution >= 4 is 5.69 Å². The third-order valence-electron chi connectivity index (χ3n) is 2.40. The number of halogens is 3. The van der Waals surface area contributed by atoms with Gasteiger partial charge in [-0.05, 0) is 18.2 Å². The second kappa shape index (κ2) is 4.25. The van der Waals surface area contributed by atoms with E-state index in [1.807, 2.05) is 0 Å². The minimum absolute atomic E-state index is 0.264. The fourth-order valence-corrected chi connectivity index (χ4v) is 1.49. The maximum absolute atomic E-state index is 12.7. The van der Waals surface area contributed by atoms with E-state index in [1.165, 1.54) is 36.3 Å². The molecule has 0 bridgehead atoms. The number of nitrogens with zero attached hydrogens (tertiary/aromatic N) is 2. The molecule has 2 N–H and O–H groups in total. The van der Waals surface area contributed by atoms with Crippen molar-refractivity contribution in [2.24, 2.45) is 0 Å². The molecule has 0 saturated carbocycles. The molecule has 0 radical (unpaired) electrons. The molecule has 1 aromatic carbocycles. The number of ether oxygens (including phenoxy) is 1. The van der Waals surface area contributed by atoms with Gasteiger partial charge in [-0.15, -0.1) is 0 Å². The highest BCUT2D eigenvalue weighted by Crippen LogP contribution is 2.34. The molecule has 0 fully saturated rings. The molecular formula is C11H10F3N3O. The molecule has 0 spiro atoms. The number of methoxy groups -OCH3 is 1. The fourth-order valence-electron chi connectivity index (χ4n) is 1.49. The molecule has 7 heteroatoms. The van der Waals surface area contributed by atoms with Crippen LogP contribution in [0.4, 0.5) is 18.9 Å². The molecule has 1 heterocycles. The van der Waals surface area contributed by atoms with Crippen LogP contribution in [0.3, 0.4) is 0 Å². The molecule has 0 atom stereocenters. The molecule has 1 aromatic heterocycles. The van der Waals surface area contributed by atoms with Crippen LogP contribution in [-0.2, 0) is 6.18 Å². The quantitative estimate of drug-likeness (QED) is 0.841. The van der Waals surface area contributed by atoms with Crippen LogP contribution in [0.15, 0.2) is 30.6 Å². The summed E-state index contributed by atoms with van der Waals surface area (Å²) in [7, 11) is 1.45. The third kappa shape index (κ3) is 2.24. The maximum atomic E-state index is 12.7. The van der Waals surface area contributed by atoms with Crippen LogP contribution in [-0.4, -0.2) is 16.9 Å². The van der Waals surface area contributed by atoms with E-state index in [1.54, 1.807) is 0 Å². The number of benzene rings is 1. The van der Waals surface area contributed by atoms with E-state index in [0.717, 1.165) is 6.07 Å². The molecular weight excluding hydrogens is 247 g/mol. The lowest BCUT2D eigenvalue weighted by Gasteiger charge is -2.11. The first-order valence-corrected chi connectivity index (χ1v) is 4.97. The second-order valence-electron chi connectivity index (χ2n) is 3.59. The summed E-state index contributed by atoms with van der Waals surface area (Å²) in [6.07, 6.45) is -1.60. The van der Waals surface area contributed by atoms with Gasteiger partial charge in [-0.25, -0.2) is 4.68 Å². The summed E-state index contributed by atoms with van der Waals surface area (Å²) in [5.41, 5.74) is 4.38. The second-order valence-corrected chi connectivity index (χ2v) is 3.59. The monoisotopic (exact) mass is 257 g/mol. The Morgan fingerprint density at radius 2 is 2.06 bits per heavy atom. The number of hydrogen-bond donors (Lipinski definition) is 1. The number of hydrogen-bond acceptors (Lipinski definition) is 3. The lowest BCUT2D eigenvalue weighted by atomic mass is 10.1. The predicted octanol–water partition coefficient (Wildman–Crippen LogP) is 2.48. The van der Waals surface area contributed by atoms with E-state index in [2.05, 4.69) is 5.10 Å². The SMILES string of the molecule is COc1cnn(-c2ccc(N)c(C(F)(F)F)c2)c1. The third-order valence-corrected chi connectivity index (χ3v) is 2.40. The van der Waals surface area contributed by atoms with E-state index in [9.17, 15) is 13.2 Å². The Morgan fingerprint density at radius 1 is 1.33 bits per heavy atom. The molecule has 0 amide bonds. The standard InChI is InChI=1S/C11H10F3N3O/c1-18-8-5-16-17(6-8)7-2-3-10(15)9(4-7)11(12,13)14/h2-6H,15H2,1H3. The van der Waals surface area contributed by atoms with Crippen LogP contribution < -0.4 is 10.5 Å². The Balaban J connectivity index is 2.47. The minimum atomic E-state index is -4.49. The molecule has 0 aliphatic rings. The average Bonchev–Trinajstić information content (AvgIpc) is 2.76. The van der Waals surface area contributed by atoms with Crippen molar-refractivity contribution in [3.8, 4) is 11.4 Å². The van der Waals surface area contributed by atoms with Crippen LogP contribution in [0.5, 0.6) is 5.75 Å². The van der Waals surface area contributed by atoms with Gasteiger partial charge in [-0.1, -0.05) is 0 Å². The lowest BCUT2D eigenvalue weighted by molar-refractivity contribution is -0.136. The van der Waals surface area contributed by atoms with Gasteiger partial charge in [-0.2, -0.15) is 18.3 Å². The molecule has 0 aliphatic heterocycles. The van der Waals surface area contributed by atoms with Crippen molar-refractivity contribution in [1.29, 1.82) is 0 Å². The van der Waals surface area contributed by atoms with Crippen LogP contribution in [0.25, 0.3) is 5.69 Å². The largest absolute Gasteiger partial charge is 0.493 e. The zero-order chi connectivity index (χ0) is 13.3. The van der Waals surface area contributed by atoms with Crippen LogP contribution in [0.1, 0.15) is 5.56 Å². The van der Waals surface area contributed by atoms with Gasteiger partial charge in [0.2, 0.25) is 0 Å². The van der Waals surface area contributed by atoms with Crippen molar-refractivity contribution < 1.29 is 17.9 Å². The highest BCUT2D eigenvalue weighted by molar-refractivity contribution is 5.54. The van der Waals surface area contributed by atoms with Crippen molar-refractivity contribution in [1.82, 2.24) is 9.78 Å². The molecule has 0 saturated heterocycles. The Morgan fingerprint density at radius 3 is 2.61 bits per heavy atom. The van der Waals surface area contributed by atoms with Crippen LogP contribution in [0, 0.1) is 0 Å². The summed E-state index contributed by atoms with van der Waals surface area (Å²) >= 11 is 0. The summed E-state index contributed by atoms with van der Waals surface area (Å²) in [6, 6.07) is 3.60. The smallest absolute Gasteiger partial charge is 0.418 e. The molecule has 96 valence electrons. The van der Waals surface area contributed by atoms with Crippen LogP contribution >= 0.6 is 0 Å². The van der Waals surface area contributed by atoms with Gasteiger partial charge in [0.25, 0.3) is 0 Å². The Labute approximate surface area is 101 Å². The molecule has 2 rings (SSSR count). The Kier molecular flexibility index (Phi) is 2.90. The average molecular weight is 257 g/mol. The number of anilines is 1. The number of rotatable bonds is 2. The Bertz CT molecular complexity index is 563. The highest BCUT2D eigenvalue weighted by Gasteiger charge is 2.33. The number of nitrogen functional groups attached to an aromatic ring is 1. The van der Waals surface area contributed by atoms with E-state index in [-0.39, 0.29) is 11.4 Å². The van der Waals surface area contributed by atoms with Crippen molar-refractivity contribution in [2.45, 2.75) is 6.18 Å². The van der Waals surface area contributed by atoms with Gasteiger partial charge in [0.05, 0.1) is 30.8 Å². The van der Waals surface area contributed by atoms with Gasteiger partial charge >= 0.3 is 6.18 Å². The van der Waals surface area contributed by atoms with Gasteiger partial charge in [-0.3, -0.25) is 0 Å². The van der Waals surface area contributed by atoms with Crippen molar-refractivity contribution in [3.05, 3.63) is 36.2 Å². The maximum Gasteiger partial charge on any atom is 0.418 e. The Hall–Kier alpha value is -2.18. The highest BCUT2D eigenvalue weighted by atomic mass is 19.4. The topological polar surface area (TPSA) is 53.1 Å². The van der Waals surface area contributed by atoms with E-state index >= 15 is 0 Å². The van der Waals surface area contributed by atoms with E-state index in [0.29, 0.717) is 5.75 Å². The molecule has 4 nitrogen and oxygen atoms in total. The number of alkyl halides is 3. The first kappa shape index (κ1) is 12.3. The summed E-state index contributed by atoms with van der Waals surface area (Å²) in [5, 5.41) is 3.89. The molecule has 0 aliphatic carbocycles. The fraction of sp³-hybridized carbons (Fsp3) is 0.182. The van der Waals surface area contributed by atoms with Crippen LogP contribution in [0.2, 0.25) is 0 Å². The summed E-state index contributed by atoms with van der Waals surface area (Å²) in [6.45, 7) is 0. The van der Waals surface area contributed by atoms with Crippen molar-refractivity contribution in [2.75, 3.05) is 12.8 Å². The van der Waals surface area contributed by atoms with Gasteiger partial charge < -0.3 is 10.5 Å². The summed E-state index contributed by atoms with van der Waals surface area (Å²) < 4.78 is 44.2. The number of aromatic nitrogens is 2. The zero-order valence-corrected chi connectivity index (χ0v) is 9.40. The molecule has 18 heavy (non-hydrogen) atoms.